The van der Waals surface area contributed by atoms with Crippen LogP contribution in [0.25, 0.3) is 16.9 Å². The molecule has 1 heterocycles. The molecule has 0 fully saturated rings. The molecule has 0 N–H and O–H groups in total. The van der Waals surface area contributed by atoms with Gasteiger partial charge in [-0.1, -0.05) is 46.1 Å². The second kappa shape index (κ2) is 8.90. The van der Waals surface area contributed by atoms with Gasteiger partial charge >= 0.3 is 24.0 Å². The molecule has 0 amide bonds. The number of benzene rings is 2. The summed E-state index contributed by atoms with van der Waals surface area (Å²) in [5, 5.41) is 6.07. The number of aromatic nitrogens is 3. The van der Waals surface area contributed by atoms with Crippen molar-refractivity contribution in [3.8, 4) is 16.9 Å². The van der Waals surface area contributed by atoms with Gasteiger partial charge in [0.05, 0.1) is 33.9 Å². The second-order valence-electron chi connectivity index (χ2n) is 6.68. The molecule has 0 saturated heterocycles. The van der Waals surface area contributed by atoms with E-state index in [1.54, 1.807) is 0 Å². The van der Waals surface area contributed by atoms with Crippen molar-refractivity contribution in [3.05, 3.63) is 62.7 Å². The first-order valence-electron chi connectivity index (χ1n) is 8.74. The van der Waals surface area contributed by atoms with Crippen LogP contribution < -0.4 is 0 Å². The monoisotopic (exact) mass is 549 g/mol. The second-order valence-corrected chi connectivity index (χ2v) is 7.90. The lowest BCUT2D eigenvalue weighted by atomic mass is 9.94. The average molecular weight is 551 g/mol. The molecule has 0 spiro atoms. The Morgan fingerprint density at radius 2 is 1.47 bits per heavy atom. The zero-order chi connectivity index (χ0) is 25.6. The standard InChI is InChI=1S/C19H9Cl3F7N3O2/c1-34-16(33)10-4-8(2-3-11(10)20)14-7-32(31-30-14)15-12(21)5-9(6-13(15)22)17(23,18(24,25)26)19(27,28)29/h2-7H,1H3. The molecule has 15 heteroatoms. The highest BCUT2D eigenvalue weighted by molar-refractivity contribution is 6.38. The number of ether oxygens (including phenoxy) is 1. The molecule has 5 nitrogen and oxygen atoms in total. The number of esters is 1. The van der Waals surface area contributed by atoms with Crippen molar-refractivity contribution in [2.75, 3.05) is 7.11 Å². The van der Waals surface area contributed by atoms with Gasteiger partial charge in [0.2, 0.25) is 0 Å². The first-order valence-corrected chi connectivity index (χ1v) is 9.88. The van der Waals surface area contributed by atoms with Crippen LogP contribution in [0.15, 0.2) is 36.5 Å². The van der Waals surface area contributed by atoms with Crippen molar-refractivity contribution in [3.63, 3.8) is 0 Å². The highest BCUT2D eigenvalue weighted by Crippen LogP contribution is 2.54. The number of nitrogens with zero attached hydrogens (tertiary/aromatic N) is 3. The Hall–Kier alpha value is -2.57. The Morgan fingerprint density at radius 1 is 0.912 bits per heavy atom. The van der Waals surface area contributed by atoms with Gasteiger partial charge in [-0.2, -0.15) is 26.3 Å². The van der Waals surface area contributed by atoms with Crippen LogP contribution in [0.4, 0.5) is 30.7 Å². The number of hydrogen-bond acceptors (Lipinski definition) is 4. The molecule has 0 aliphatic rings. The minimum atomic E-state index is -6.34. The molecule has 0 aliphatic carbocycles. The van der Waals surface area contributed by atoms with Crippen molar-refractivity contribution >= 4 is 40.8 Å². The minimum absolute atomic E-state index is 0.00442. The number of alkyl halides is 7. The predicted octanol–water partition coefficient (Wildman–Crippen LogP) is 6.97. The molecule has 1 aromatic heterocycles. The molecule has 34 heavy (non-hydrogen) atoms. The molecule has 2 aromatic carbocycles. The van der Waals surface area contributed by atoms with Gasteiger partial charge in [-0.25, -0.2) is 13.9 Å². The third kappa shape index (κ3) is 4.41. The van der Waals surface area contributed by atoms with E-state index in [1.807, 2.05) is 0 Å². The van der Waals surface area contributed by atoms with E-state index >= 15 is 0 Å². The highest BCUT2D eigenvalue weighted by Gasteiger charge is 2.73. The smallest absolute Gasteiger partial charge is 0.435 e. The van der Waals surface area contributed by atoms with Gasteiger partial charge in [-0.3, -0.25) is 0 Å². The lowest BCUT2D eigenvalue weighted by molar-refractivity contribution is -0.348. The van der Waals surface area contributed by atoms with Crippen molar-refractivity contribution in [1.29, 1.82) is 0 Å². The largest absolute Gasteiger partial charge is 0.465 e. The molecule has 0 atom stereocenters. The van der Waals surface area contributed by atoms with Crippen molar-refractivity contribution in [2.45, 2.75) is 18.0 Å². The Labute approximate surface area is 201 Å². The van der Waals surface area contributed by atoms with Gasteiger partial charge in [0, 0.05) is 11.1 Å². The van der Waals surface area contributed by atoms with Gasteiger partial charge in [-0.15, -0.1) is 5.10 Å². The van der Waals surface area contributed by atoms with E-state index in [2.05, 4.69) is 15.0 Å². The van der Waals surface area contributed by atoms with E-state index in [1.165, 1.54) is 24.4 Å². The summed E-state index contributed by atoms with van der Waals surface area (Å²) in [6.45, 7) is 0. The maximum atomic E-state index is 14.4. The zero-order valence-corrected chi connectivity index (χ0v) is 18.7. The summed E-state index contributed by atoms with van der Waals surface area (Å²) in [5.41, 5.74) is -7.53. The molecule has 0 unspecified atom stereocenters. The topological polar surface area (TPSA) is 57.0 Å². The van der Waals surface area contributed by atoms with Gasteiger partial charge in [0.1, 0.15) is 11.4 Å². The normalized spacial score (nSPS) is 12.7. The van der Waals surface area contributed by atoms with Gasteiger partial charge in [0.25, 0.3) is 0 Å². The van der Waals surface area contributed by atoms with Crippen molar-refractivity contribution < 1.29 is 40.3 Å². The highest BCUT2D eigenvalue weighted by atomic mass is 35.5. The quantitative estimate of drug-likeness (QED) is 0.260. The third-order valence-electron chi connectivity index (χ3n) is 4.59. The summed E-state index contributed by atoms with van der Waals surface area (Å²) < 4.78 is 98.2. The van der Waals surface area contributed by atoms with E-state index in [-0.39, 0.29) is 34.1 Å². The van der Waals surface area contributed by atoms with E-state index in [9.17, 15) is 35.5 Å². The lowest BCUT2D eigenvalue weighted by Gasteiger charge is -2.30. The minimum Gasteiger partial charge on any atom is -0.465 e. The summed E-state index contributed by atoms with van der Waals surface area (Å²) in [6, 6.07) is 4.45. The summed E-state index contributed by atoms with van der Waals surface area (Å²) in [4.78, 5) is 11.8. The third-order valence-corrected chi connectivity index (χ3v) is 5.49. The summed E-state index contributed by atoms with van der Waals surface area (Å²) in [5.74, 6) is -0.745. The molecule has 0 saturated carbocycles. The molecule has 0 radical (unpaired) electrons. The van der Waals surface area contributed by atoms with E-state index in [4.69, 9.17) is 34.8 Å². The molecule has 0 aliphatic heterocycles. The molecular formula is C19H9Cl3F7N3O2. The predicted molar refractivity (Wildman–Crippen MR) is 108 cm³/mol. The zero-order valence-electron chi connectivity index (χ0n) is 16.4. The lowest BCUT2D eigenvalue weighted by Crippen LogP contribution is -2.50. The van der Waals surface area contributed by atoms with E-state index in [0.29, 0.717) is 5.56 Å². The number of rotatable bonds is 4. The average Bonchev–Trinajstić information content (AvgIpc) is 3.20. The van der Waals surface area contributed by atoms with E-state index < -0.39 is 39.6 Å². The number of carbonyl (C=O) groups excluding carboxylic acids is 1. The maximum absolute atomic E-state index is 14.4. The van der Waals surface area contributed by atoms with Gasteiger partial charge in [-0.05, 0) is 24.3 Å². The Balaban J connectivity index is 2.09. The Kier molecular flexibility index (Phi) is 6.81. The summed E-state index contributed by atoms with van der Waals surface area (Å²) >= 11 is 17.7. The molecular weight excluding hydrogens is 542 g/mol. The first-order chi connectivity index (χ1) is 15.6. The first kappa shape index (κ1) is 26.0. The fraction of sp³-hybridized carbons (Fsp3) is 0.211. The molecule has 3 aromatic rings. The van der Waals surface area contributed by atoms with Crippen LogP contribution in [0.5, 0.6) is 0 Å². The Bertz CT molecular complexity index is 1220. The SMILES string of the molecule is COC(=O)c1cc(-c2cn(-c3c(Cl)cc(C(F)(C(F)(F)F)C(F)(F)F)cc3Cl)nn2)ccc1Cl. The summed E-state index contributed by atoms with van der Waals surface area (Å²) in [6.07, 6.45) is -11.5. The fourth-order valence-electron chi connectivity index (χ4n) is 2.93. The number of carbonyl (C=O) groups is 1. The van der Waals surface area contributed by atoms with E-state index in [0.717, 1.165) is 11.8 Å². The summed E-state index contributed by atoms with van der Waals surface area (Å²) in [7, 11) is 1.14. The van der Waals surface area contributed by atoms with Crippen molar-refractivity contribution in [2.24, 2.45) is 0 Å². The molecule has 182 valence electrons. The number of methoxy groups -OCH3 is 1. The van der Waals surface area contributed by atoms with Crippen LogP contribution in [0.3, 0.4) is 0 Å². The number of hydrogen-bond donors (Lipinski definition) is 0. The van der Waals surface area contributed by atoms with Crippen LogP contribution in [-0.2, 0) is 10.4 Å². The van der Waals surface area contributed by atoms with Gasteiger partial charge < -0.3 is 4.74 Å². The van der Waals surface area contributed by atoms with Crippen LogP contribution in [0.2, 0.25) is 15.1 Å². The Morgan fingerprint density at radius 3 is 1.97 bits per heavy atom. The fourth-order valence-corrected chi connectivity index (χ4v) is 3.78. The van der Waals surface area contributed by atoms with Crippen LogP contribution in [0, 0.1) is 0 Å². The maximum Gasteiger partial charge on any atom is 0.435 e. The van der Waals surface area contributed by atoms with Crippen LogP contribution >= 0.6 is 34.8 Å². The molecule has 3 rings (SSSR count). The van der Waals surface area contributed by atoms with Crippen molar-refractivity contribution in [1.82, 2.24) is 15.0 Å². The van der Waals surface area contributed by atoms with Crippen LogP contribution in [0.1, 0.15) is 15.9 Å². The molecule has 0 bridgehead atoms. The van der Waals surface area contributed by atoms with Crippen LogP contribution in [-0.4, -0.2) is 40.4 Å². The number of halogens is 10. The van der Waals surface area contributed by atoms with Gasteiger partial charge in [0.15, 0.2) is 0 Å².